The molecule has 4 rings (SSSR count). The van der Waals surface area contributed by atoms with E-state index in [0.717, 1.165) is 33.5 Å². The third-order valence-electron chi connectivity index (χ3n) is 5.53. The van der Waals surface area contributed by atoms with Crippen LogP contribution in [0.3, 0.4) is 0 Å². The van der Waals surface area contributed by atoms with E-state index < -0.39 is 0 Å². The summed E-state index contributed by atoms with van der Waals surface area (Å²) in [4.78, 5) is 27.9. The zero-order valence-electron chi connectivity index (χ0n) is 16.9. The second kappa shape index (κ2) is 7.55. The average molecular weight is 384 g/mol. The molecule has 1 aliphatic heterocycles. The molecule has 0 aliphatic carbocycles. The summed E-state index contributed by atoms with van der Waals surface area (Å²) in [6, 6.07) is 21.2. The number of anilines is 1. The van der Waals surface area contributed by atoms with E-state index in [0.29, 0.717) is 5.56 Å². The Kier molecular flexibility index (Phi) is 4.93. The molecular weight excluding hydrogens is 360 g/mol. The molecule has 4 heteroatoms. The van der Waals surface area contributed by atoms with Gasteiger partial charge in [-0.15, -0.1) is 0 Å². The smallest absolute Gasteiger partial charge is 0.255 e. The number of benzene rings is 3. The van der Waals surface area contributed by atoms with Gasteiger partial charge in [-0.2, -0.15) is 0 Å². The maximum Gasteiger partial charge on any atom is 0.255 e. The highest BCUT2D eigenvalue weighted by Crippen LogP contribution is 2.37. The van der Waals surface area contributed by atoms with Crippen LogP contribution < -0.4 is 5.32 Å². The summed E-state index contributed by atoms with van der Waals surface area (Å²) >= 11 is 0. The Morgan fingerprint density at radius 3 is 2.41 bits per heavy atom. The molecule has 1 N–H and O–H groups in total. The molecular formula is C25H24N2O2. The van der Waals surface area contributed by atoms with Gasteiger partial charge in [0.2, 0.25) is 5.91 Å². The van der Waals surface area contributed by atoms with Crippen molar-refractivity contribution in [2.24, 2.45) is 0 Å². The van der Waals surface area contributed by atoms with Crippen LogP contribution in [0.1, 0.15) is 44.2 Å². The molecule has 4 nitrogen and oxygen atoms in total. The quantitative estimate of drug-likeness (QED) is 0.690. The summed E-state index contributed by atoms with van der Waals surface area (Å²) in [6.07, 6.45) is 0. The second-order valence-electron chi connectivity index (χ2n) is 7.68. The molecule has 0 saturated heterocycles. The highest BCUT2D eigenvalue weighted by atomic mass is 16.2. The van der Waals surface area contributed by atoms with Crippen LogP contribution in [0.5, 0.6) is 0 Å². The van der Waals surface area contributed by atoms with Crippen LogP contribution in [0.4, 0.5) is 5.69 Å². The van der Waals surface area contributed by atoms with Crippen molar-refractivity contribution < 1.29 is 9.59 Å². The third kappa shape index (κ3) is 3.66. The summed E-state index contributed by atoms with van der Waals surface area (Å²) in [7, 11) is 0. The Hall–Kier alpha value is -3.40. The van der Waals surface area contributed by atoms with Gasteiger partial charge in [-0.1, -0.05) is 54.1 Å². The van der Waals surface area contributed by atoms with E-state index in [1.54, 1.807) is 4.90 Å². The number of rotatable bonds is 2. The molecule has 0 fully saturated rings. The van der Waals surface area contributed by atoms with Crippen molar-refractivity contribution in [3.05, 3.63) is 100 Å². The standard InChI is InChI=1S/C25H24N2O2/c1-16-9-12-22-21(13-16)24(19-7-5-4-6-8-19)27(15-23(28)26-22)25(29)20-11-10-17(2)18(3)14-20/h4-14,24H,15H2,1-3H3,(H,26,28)/t24-/m0/s1. The van der Waals surface area contributed by atoms with Gasteiger partial charge in [0.05, 0.1) is 6.04 Å². The number of aryl methyl sites for hydroxylation is 3. The zero-order chi connectivity index (χ0) is 20.5. The molecule has 1 aliphatic rings. The number of carbonyl (C=O) groups is 2. The minimum atomic E-state index is -0.348. The number of nitrogens with zero attached hydrogens (tertiary/aromatic N) is 1. The van der Waals surface area contributed by atoms with Gasteiger partial charge < -0.3 is 10.2 Å². The van der Waals surface area contributed by atoms with Crippen LogP contribution in [0, 0.1) is 20.8 Å². The molecule has 0 bridgehead atoms. The van der Waals surface area contributed by atoms with Crippen LogP contribution in [-0.2, 0) is 4.79 Å². The molecule has 0 radical (unpaired) electrons. The van der Waals surface area contributed by atoms with Crippen molar-refractivity contribution in [3.8, 4) is 0 Å². The number of hydrogen-bond acceptors (Lipinski definition) is 2. The van der Waals surface area contributed by atoms with Crippen molar-refractivity contribution in [2.75, 3.05) is 11.9 Å². The van der Waals surface area contributed by atoms with Gasteiger partial charge in [0.25, 0.3) is 5.91 Å². The van der Waals surface area contributed by atoms with Gasteiger partial charge in [0.15, 0.2) is 0 Å². The summed E-state index contributed by atoms with van der Waals surface area (Å²) < 4.78 is 0. The SMILES string of the molecule is Cc1ccc2c(c1)[C@H](c1ccccc1)N(C(=O)c1ccc(C)c(C)c1)CC(=O)N2. The molecule has 0 unspecified atom stereocenters. The lowest BCUT2D eigenvalue weighted by Crippen LogP contribution is -2.39. The fraction of sp³-hybridized carbons (Fsp3) is 0.200. The molecule has 146 valence electrons. The summed E-state index contributed by atoms with van der Waals surface area (Å²) in [5, 5.41) is 2.97. The first kappa shape index (κ1) is 18.9. The molecule has 1 atom stereocenters. The Balaban J connectivity index is 1.88. The van der Waals surface area contributed by atoms with Gasteiger partial charge >= 0.3 is 0 Å². The minimum absolute atomic E-state index is 0.000946. The monoisotopic (exact) mass is 384 g/mol. The molecule has 0 spiro atoms. The number of fused-ring (bicyclic) bond motifs is 1. The maximum absolute atomic E-state index is 13.6. The zero-order valence-corrected chi connectivity index (χ0v) is 16.9. The molecule has 2 amide bonds. The fourth-order valence-corrected chi connectivity index (χ4v) is 3.85. The molecule has 1 heterocycles. The van der Waals surface area contributed by atoms with Gasteiger partial charge in [-0.05, 0) is 55.7 Å². The van der Waals surface area contributed by atoms with E-state index in [-0.39, 0.29) is 24.4 Å². The van der Waals surface area contributed by atoms with Crippen LogP contribution >= 0.6 is 0 Å². The average Bonchev–Trinajstić information content (AvgIpc) is 2.85. The Morgan fingerprint density at radius 2 is 1.69 bits per heavy atom. The van der Waals surface area contributed by atoms with Gasteiger partial charge in [0, 0.05) is 16.8 Å². The van der Waals surface area contributed by atoms with Crippen molar-refractivity contribution in [3.63, 3.8) is 0 Å². The minimum Gasteiger partial charge on any atom is -0.324 e. The highest BCUT2D eigenvalue weighted by molar-refractivity contribution is 6.01. The molecule has 3 aromatic carbocycles. The molecule has 29 heavy (non-hydrogen) atoms. The molecule has 0 saturated carbocycles. The Morgan fingerprint density at radius 1 is 0.931 bits per heavy atom. The van der Waals surface area contributed by atoms with Gasteiger partial charge in [-0.3, -0.25) is 9.59 Å². The second-order valence-corrected chi connectivity index (χ2v) is 7.68. The van der Waals surface area contributed by atoms with E-state index in [9.17, 15) is 9.59 Å². The highest BCUT2D eigenvalue weighted by Gasteiger charge is 2.34. The first-order valence-electron chi connectivity index (χ1n) is 9.77. The van der Waals surface area contributed by atoms with Crippen molar-refractivity contribution >= 4 is 17.5 Å². The van der Waals surface area contributed by atoms with Crippen molar-refractivity contribution in [1.82, 2.24) is 4.90 Å². The number of carbonyl (C=O) groups excluding carboxylic acids is 2. The van der Waals surface area contributed by atoms with Crippen molar-refractivity contribution in [2.45, 2.75) is 26.8 Å². The molecule has 3 aromatic rings. The lowest BCUT2D eigenvalue weighted by molar-refractivity contribution is -0.117. The topological polar surface area (TPSA) is 49.4 Å². The maximum atomic E-state index is 13.6. The van der Waals surface area contributed by atoms with Crippen LogP contribution in [0.2, 0.25) is 0 Å². The predicted octanol–water partition coefficient (Wildman–Crippen LogP) is 4.80. The van der Waals surface area contributed by atoms with E-state index in [1.165, 1.54) is 0 Å². The first-order valence-corrected chi connectivity index (χ1v) is 9.77. The summed E-state index contributed by atoms with van der Waals surface area (Å²) in [6.45, 7) is 6.03. The van der Waals surface area contributed by atoms with Crippen LogP contribution in [0.15, 0.2) is 66.7 Å². The lowest BCUT2D eigenvalue weighted by Gasteiger charge is -2.31. The summed E-state index contributed by atoms with van der Waals surface area (Å²) in [5.74, 6) is -0.336. The predicted molar refractivity (Wildman–Crippen MR) is 115 cm³/mol. The Labute approximate surface area is 171 Å². The van der Waals surface area contributed by atoms with Gasteiger partial charge in [0.1, 0.15) is 6.54 Å². The summed E-state index contributed by atoms with van der Waals surface area (Å²) in [5.41, 5.74) is 6.54. The van der Waals surface area contributed by atoms with E-state index in [1.807, 2.05) is 81.4 Å². The lowest BCUT2D eigenvalue weighted by atomic mass is 9.94. The van der Waals surface area contributed by atoms with Crippen LogP contribution in [-0.4, -0.2) is 23.3 Å². The third-order valence-corrected chi connectivity index (χ3v) is 5.53. The van der Waals surface area contributed by atoms with Gasteiger partial charge in [-0.25, -0.2) is 0 Å². The van der Waals surface area contributed by atoms with E-state index in [2.05, 4.69) is 11.4 Å². The number of hydrogen-bond donors (Lipinski definition) is 1. The van der Waals surface area contributed by atoms with Crippen molar-refractivity contribution in [1.29, 1.82) is 0 Å². The first-order chi connectivity index (χ1) is 13.9. The molecule has 0 aromatic heterocycles. The van der Waals surface area contributed by atoms with Crippen LogP contribution in [0.25, 0.3) is 0 Å². The normalized spacial score (nSPS) is 16.0. The van der Waals surface area contributed by atoms with E-state index in [4.69, 9.17) is 0 Å². The number of nitrogens with one attached hydrogen (secondary N) is 1. The van der Waals surface area contributed by atoms with E-state index >= 15 is 0 Å². The fourth-order valence-electron chi connectivity index (χ4n) is 3.85. The largest absolute Gasteiger partial charge is 0.324 e. The number of amides is 2. The Bertz CT molecular complexity index is 1090.